The minimum Gasteiger partial charge on any atom is -0.493 e. The van der Waals surface area contributed by atoms with Crippen molar-refractivity contribution in [3.05, 3.63) is 34.8 Å². The zero-order valence-corrected chi connectivity index (χ0v) is 12.6. The Kier molecular flexibility index (Phi) is 4.54. The van der Waals surface area contributed by atoms with Crippen LogP contribution in [0.25, 0.3) is 0 Å². The predicted molar refractivity (Wildman–Crippen MR) is 79.6 cm³/mol. The maximum absolute atomic E-state index is 12.3. The monoisotopic (exact) mass is 306 g/mol. The molecule has 0 fully saturated rings. The van der Waals surface area contributed by atoms with E-state index >= 15 is 0 Å². The van der Waals surface area contributed by atoms with Crippen LogP contribution in [0.5, 0.6) is 11.5 Å². The standard InChI is InChI=1S/C14H14N2O4S/c1-8(17)11-7-15-14(21-11)16-13(18)9-5-4-6-10(19-2)12(9)20-3/h4-7H,1-3H3,(H,15,16,18). The van der Waals surface area contributed by atoms with Crippen LogP contribution in [0.1, 0.15) is 27.0 Å². The van der Waals surface area contributed by atoms with Gasteiger partial charge in [0.05, 0.1) is 30.9 Å². The van der Waals surface area contributed by atoms with Crippen molar-refractivity contribution in [3.63, 3.8) is 0 Å². The zero-order chi connectivity index (χ0) is 15.4. The highest BCUT2D eigenvalue weighted by Crippen LogP contribution is 2.31. The molecular weight excluding hydrogens is 292 g/mol. The van der Waals surface area contributed by atoms with E-state index in [9.17, 15) is 9.59 Å². The summed E-state index contributed by atoms with van der Waals surface area (Å²) < 4.78 is 10.4. The van der Waals surface area contributed by atoms with Crippen LogP contribution in [0.3, 0.4) is 0 Å². The molecule has 1 amide bonds. The van der Waals surface area contributed by atoms with Crippen LogP contribution in [0.15, 0.2) is 24.4 Å². The van der Waals surface area contributed by atoms with Gasteiger partial charge in [-0.15, -0.1) is 0 Å². The van der Waals surface area contributed by atoms with E-state index in [1.54, 1.807) is 18.2 Å². The first-order chi connectivity index (χ1) is 10.1. The fraction of sp³-hybridized carbons (Fsp3) is 0.214. The van der Waals surface area contributed by atoms with Gasteiger partial charge < -0.3 is 9.47 Å². The van der Waals surface area contributed by atoms with Crippen molar-refractivity contribution in [2.24, 2.45) is 0 Å². The summed E-state index contributed by atoms with van der Waals surface area (Å²) in [5.74, 6) is 0.344. The number of anilines is 1. The number of ether oxygens (including phenoxy) is 2. The number of nitrogens with zero attached hydrogens (tertiary/aromatic N) is 1. The molecule has 0 saturated carbocycles. The lowest BCUT2D eigenvalue weighted by Gasteiger charge is -2.11. The molecule has 0 saturated heterocycles. The molecule has 0 bridgehead atoms. The van der Waals surface area contributed by atoms with Gasteiger partial charge in [0.25, 0.3) is 5.91 Å². The number of carbonyl (C=O) groups excluding carboxylic acids is 2. The highest BCUT2D eigenvalue weighted by Gasteiger charge is 2.17. The molecule has 1 aromatic carbocycles. The summed E-state index contributed by atoms with van der Waals surface area (Å²) in [6.07, 6.45) is 1.44. The van der Waals surface area contributed by atoms with E-state index < -0.39 is 0 Å². The van der Waals surface area contributed by atoms with Crippen LogP contribution >= 0.6 is 11.3 Å². The average molecular weight is 306 g/mol. The number of nitrogens with one attached hydrogen (secondary N) is 1. The Morgan fingerprint density at radius 2 is 2.00 bits per heavy atom. The predicted octanol–water partition coefficient (Wildman–Crippen LogP) is 2.62. The van der Waals surface area contributed by atoms with Crippen molar-refractivity contribution in [3.8, 4) is 11.5 Å². The maximum Gasteiger partial charge on any atom is 0.261 e. The summed E-state index contributed by atoms with van der Waals surface area (Å²) in [7, 11) is 2.96. The zero-order valence-electron chi connectivity index (χ0n) is 11.8. The van der Waals surface area contributed by atoms with Gasteiger partial charge in [0, 0.05) is 6.92 Å². The van der Waals surface area contributed by atoms with E-state index in [1.165, 1.54) is 27.3 Å². The van der Waals surface area contributed by atoms with Crippen LogP contribution in [-0.2, 0) is 0 Å². The van der Waals surface area contributed by atoms with Gasteiger partial charge in [-0.25, -0.2) is 4.98 Å². The number of amides is 1. The molecule has 0 unspecified atom stereocenters. The van der Waals surface area contributed by atoms with Gasteiger partial charge in [0.2, 0.25) is 0 Å². The molecule has 0 aliphatic carbocycles. The van der Waals surface area contributed by atoms with Gasteiger partial charge in [-0.1, -0.05) is 17.4 Å². The molecule has 1 N–H and O–H groups in total. The highest BCUT2D eigenvalue weighted by atomic mass is 32.1. The number of rotatable bonds is 5. The van der Waals surface area contributed by atoms with E-state index in [0.717, 1.165) is 11.3 Å². The fourth-order valence-corrected chi connectivity index (χ4v) is 2.43. The molecule has 2 rings (SSSR count). The lowest BCUT2D eigenvalue weighted by molar-refractivity contribution is 0.101. The number of Topliss-reactive ketones (excluding diaryl/α,β-unsaturated/α-hetero) is 1. The topological polar surface area (TPSA) is 77.5 Å². The van der Waals surface area contributed by atoms with Gasteiger partial charge in [-0.2, -0.15) is 0 Å². The van der Waals surface area contributed by atoms with Crippen LogP contribution in [-0.4, -0.2) is 30.9 Å². The second kappa shape index (κ2) is 6.36. The minimum absolute atomic E-state index is 0.0908. The fourth-order valence-electron chi connectivity index (χ4n) is 1.73. The lowest BCUT2D eigenvalue weighted by atomic mass is 10.1. The third-order valence-corrected chi connectivity index (χ3v) is 3.73. The third kappa shape index (κ3) is 3.19. The van der Waals surface area contributed by atoms with Gasteiger partial charge in [-0.05, 0) is 12.1 Å². The summed E-state index contributed by atoms with van der Waals surface area (Å²) in [6, 6.07) is 5.02. The van der Waals surface area contributed by atoms with Crippen LogP contribution in [0.2, 0.25) is 0 Å². The van der Waals surface area contributed by atoms with E-state index in [2.05, 4.69) is 10.3 Å². The second-order valence-electron chi connectivity index (χ2n) is 4.08. The Morgan fingerprint density at radius 3 is 2.57 bits per heavy atom. The number of carbonyl (C=O) groups is 2. The molecule has 0 atom stereocenters. The van der Waals surface area contributed by atoms with Crippen LogP contribution in [0.4, 0.5) is 5.13 Å². The molecular formula is C14H14N2O4S. The smallest absolute Gasteiger partial charge is 0.261 e. The van der Waals surface area contributed by atoms with Crippen molar-refractivity contribution in [1.82, 2.24) is 4.98 Å². The Hall–Kier alpha value is -2.41. The summed E-state index contributed by atoms with van der Waals surface area (Å²) in [4.78, 5) is 28.0. The summed E-state index contributed by atoms with van der Waals surface area (Å²) in [5, 5.41) is 3.00. The first-order valence-electron chi connectivity index (χ1n) is 6.06. The average Bonchev–Trinajstić information content (AvgIpc) is 2.94. The van der Waals surface area contributed by atoms with Crippen LogP contribution in [0, 0.1) is 0 Å². The normalized spacial score (nSPS) is 10.0. The molecule has 6 nitrogen and oxygen atoms in total. The first-order valence-corrected chi connectivity index (χ1v) is 6.87. The highest BCUT2D eigenvalue weighted by molar-refractivity contribution is 7.17. The van der Waals surface area contributed by atoms with Gasteiger partial charge >= 0.3 is 0 Å². The Morgan fingerprint density at radius 1 is 1.24 bits per heavy atom. The van der Waals surface area contributed by atoms with Crippen molar-refractivity contribution in [1.29, 1.82) is 0 Å². The van der Waals surface area contributed by atoms with Gasteiger partial charge in [0.15, 0.2) is 22.4 Å². The molecule has 21 heavy (non-hydrogen) atoms. The number of para-hydroxylation sites is 1. The molecule has 0 radical (unpaired) electrons. The Balaban J connectivity index is 2.25. The van der Waals surface area contributed by atoms with Crippen LogP contribution < -0.4 is 14.8 Å². The molecule has 0 aliphatic heterocycles. The third-order valence-electron chi connectivity index (χ3n) is 2.72. The second-order valence-corrected chi connectivity index (χ2v) is 5.11. The van der Waals surface area contributed by atoms with Crippen molar-refractivity contribution >= 4 is 28.2 Å². The van der Waals surface area contributed by atoms with Crippen molar-refractivity contribution < 1.29 is 19.1 Å². The molecule has 7 heteroatoms. The van der Waals surface area contributed by atoms with Gasteiger partial charge in [0.1, 0.15) is 0 Å². The molecule has 1 aromatic heterocycles. The summed E-state index contributed by atoms with van der Waals surface area (Å²) in [6.45, 7) is 1.45. The number of benzene rings is 1. The van der Waals surface area contributed by atoms with Crippen molar-refractivity contribution in [2.75, 3.05) is 19.5 Å². The number of thiazole rings is 1. The maximum atomic E-state index is 12.3. The number of ketones is 1. The van der Waals surface area contributed by atoms with E-state index in [4.69, 9.17) is 9.47 Å². The quantitative estimate of drug-likeness (QED) is 0.859. The SMILES string of the molecule is COc1cccc(C(=O)Nc2ncc(C(C)=O)s2)c1OC. The van der Waals surface area contributed by atoms with Gasteiger partial charge in [-0.3, -0.25) is 14.9 Å². The molecule has 1 heterocycles. The minimum atomic E-state index is -0.379. The summed E-state index contributed by atoms with van der Waals surface area (Å²) >= 11 is 1.12. The first kappa shape index (κ1) is 15.0. The molecule has 2 aromatic rings. The van der Waals surface area contributed by atoms with E-state index in [0.29, 0.717) is 27.1 Å². The molecule has 110 valence electrons. The molecule has 0 aliphatic rings. The number of hydrogen-bond donors (Lipinski definition) is 1. The number of hydrogen-bond acceptors (Lipinski definition) is 6. The largest absolute Gasteiger partial charge is 0.493 e. The van der Waals surface area contributed by atoms with Crippen molar-refractivity contribution in [2.45, 2.75) is 6.92 Å². The Labute approximate surface area is 125 Å². The number of methoxy groups -OCH3 is 2. The lowest BCUT2D eigenvalue weighted by Crippen LogP contribution is -2.13. The number of aromatic nitrogens is 1. The Bertz CT molecular complexity index is 681. The van der Waals surface area contributed by atoms with E-state index in [1.807, 2.05) is 0 Å². The van der Waals surface area contributed by atoms with E-state index in [-0.39, 0.29) is 11.7 Å². The molecule has 0 spiro atoms. The summed E-state index contributed by atoms with van der Waals surface area (Å²) in [5.41, 5.74) is 0.330.